The zero-order valence-electron chi connectivity index (χ0n) is 12.9. The first-order valence-corrected chi connectivity index (χ1v) is 7.11. The molecule has 0 aliphatic heterocycles. The number of rotatable bonds is 5. The Morgan fingerprint density at radius 2 is 1.60 bits per heavy atom. The van der Waals surface area contributed by atoms with Crippen LogP contribution in [0.15, 0.2) is 42.5 Å². The van der Waals surface area contributed by atoms with Gasteiger partial charge < -0.3 is 10.2 Å². The van der Waals surface area contributed by atoms with Crippen LogP contribution < -0.4 is 10.2 Å². The Morgan fingerprint density at radius 3 is 2.25 bits per heavy atom. The van der Waals surface area contributed by atoms with E-state index in [2.05, 4.69) is 73.6 Å². The summed E-state index contributed by atoms with van der Waals surface area (Å²) in [6.45, 7) is 6.09. The highest BCUT2D eigenvalue weighted by atomic mass is 15.1. The SMILES string of the molecule is CNCc1cc(C)ccc1N(C)Cc1ccc(C)cc1. The van der Waals surface area contributed by atoms with Crippen molar-refractivity contribution in [2.75, 3.05) is 19.0 Å². The summed E-state index contributed by atoms with van der Waals surface area (Å²) in [6, 6.07) is 15.4. The van der Waals surface area contributed by atoms with Gasteiger partial charge >= 0.3 is 0 Å². The second kappa shape index (κ2) is 6.58. The molecule has 0 aliphatic carbocycles. The van der Waals surface area contributed by atoms with Gasteiger partial charge in [-0.3, -0.25) is 0 Å². The molecule has 2 heteroatoms. The molecule has 0 heterocycles. The van der Waals surface area contributed by atoms with Gasteiger partial charge in [0.2, 0.25) is 0 Å². The fraction of sp³-hybridized carbons (Fsp3) is 0.333. The molecule has 0 spiro atoms. The summed E-state index contributed by atoms with van der Waals surface area (Å²) in [5.74, 6) is 0. The highest BCUT2D eigenvalue weighted by Crippen LogP contribution is 2.22. The molecule has 2 aromatic rings. The van der Waals surface area contributed by atoms with E-state index >= 15 is 0 Å². The van der Waals surface area contributed by atoms with Gasteiger partial charge in [-0.25, -0.2) is 0 Å². The van der Waals surface area contributed by atoms with Crippen LogP contribution >= 0.6 is 0 Å². The maximum absolute atomic E-state index is 3.25. The van der Waals surface area contributed by atoms with Gasteiger partial charge in [-0.15, -0.1) is 0 Å². The molecule has 2 rings (SSSR count). The van der Waals surface area contributed by atoms with Crippen molar-refractivity contribution in [2.24, 2.45) is 0 Å². The van der Waals surface area contributed by atoms with Gasteiger partial charge in [0.1, 0.15) is 0 Å². The molecule has 0 aliphatic rings. The van der Waals surface area contributed by atoms with E-state index in [0.29, 0.717) is 0 Å². The van der Waals surface area contributed by atoms with Crippen LogP contribution in [0.4, 0.5) is 5.69 Å². The van der Waals surface area contributed by atoms with Crippen molar-refractivity contribution in [2.45, 2.75) is 26.9 Å². The van der Waals surface area contributed by atoms with Crippen molar-refractivity contribution in [1.29, 1.82) is 0 Å². The van der Waals surface area contributed by atoms with Crippen molar-refractivity contribution < 1.29 is 0 Å². The number of anilines is 1. The highest BCUT2D eigenvalue weighted by Gasteiger charge is 2.08. The number of hydrogen-bond acceptors (Lipinski definition) is 2. The van der Waals surface area contributed by atoms with Crippen molar-refractivity contribution in [3.8, 4) is 0 Å². The highest BCUT2D eigenvalue weighted by molar-refractivity contribution is 5.54. The number of nitrogens with one attached hydrogen (secondary N) is 1. The first-order chi connectivity index (χ1) is 9.60. The average Bonchev–Trinajstić information content (AvgIpc) is 2.42. The van der Waals surface area contributed by atoms with Crippen LogP contribution in [0.1, 0.15) is 22.3 Å². The Balaban J connectivity index is 2.19. The Kier molecular flexibility index (Phi) is 4.80. The van der Waals surface area contributed by atoms with Crippen molar-refractivity contribution in [3.63, 3.8) is 0 Å². The third-order valence-corrected chi connectivity index (χ3v) is 3.55. The monoisotopic (exact) mass is 268 g/mol. The molecule has 0 atom stereocenters. The maximum atomic E-state index is 3.25. The number of aryl methyl sites for hydroxylation is 2. The molecule has 0 radical (unpaired) electrons. The van der Waals surface area contributed by atoms with E-state index in [-0.39, 0.29) is 0 Å². The Hall–Kier alpha value is -1.80. The third-order valence-electron chi connectivity index (χ3n) is 3.55. The smallest absolute Gasteiger partial charge is 0.0426 e. The molecule has 20 heavy (non-hydrogen) atoms. The largest absolute Gasteiger partial charge is 0.370 e. The van der Waals surface area contributed by atoms with Gasteiger partial charge in [0.15, 0.2) is 0 Å². The van der Waals surface area contributed by atoms with Crippen LogP contribution in [0.5, 0.6) is 0 Å². The summed E-state index contributed by atoms with van der Waals surface area (Å²) in [5.41, 5.74) is 6.60. The molecule has 1 N–H and O–H groups in total. The first kappa shape index (κ1) is 14.6. The summed E-state index contributed by atoms with van der Waals surface area (Å²) < 4.78 is 0. The van der Waals surface area contributed by atoms with E-state index in [9.17, 15) is 0 Å². The van der Waals surface area contributed by atoms with Crippen LogP contribution in [0, 0.1) is 13.8 Å². The van der Waals surface area contributed by atoms with Crippen LogP contribution in [0.3, 0.4) is 0 Å². The van der Waals surface area contributed by atoms with Gasteiger partial charge in [0.25, 0.3) is 0 Å². The fourth-order valence-corrected chi connectivity index (χ4v) is 2.47. The Morgan fingerprint density at radius 1 is 0.950 bits per heavy atom. The molecular weight excluding hydrogens is 244 g/mol. The lowest BCUT2D eigenvalue weighted by molar-refractivity contribution is 0.804. The van der Waals surface area contributed by atoms with Crippen molar-refractivity contribution >= 4 is 5.69 Å². The number of nitrogens with zero attached hydrogens (tertiary/aromatic N) is 1. The molecule has 0 saturated heterocycles. The van der Waals surface area contributed by atoms with E-state index in [0.717, 1.165) is 13.1 Å². The second-order valence-electron chi connectivity index (χ2n) is 5.50. The summed E-state index contributed by atoms with van der Waals surface area (Å²) in [5, 5.41) is 3.25. The lowest BCUT2D eigenvalue weighted by Gasteiger charge is -2.23. The molecule has 0 saturated carbocycles. The molecule has 2 aromatic carbocycles. The summed E-state index contributed by atoms with van der Waals surface area (Å²) in [7, 11) is 4.15. The van der Waals surface area contributed by atoms with Crippen LogP contribution in [0.2, 0.25) is 0 Å². The Bertz CT molecular complexity index is 558. The average molecular weight is 268 g/mol. The molecule has 0 aromatic heterocycles. The summed E-state index contributed by atoms with van der Waals surface area (Å²) in [6.07, 6.45) is 0. The number of benzene rings is 2. The lowest BCUT2D eigenvalue weighted by Crippen LogP contribution is -2.19. The lowest BCUT2D eigenvalue weighted by atomic mass is 10.1. The molecule has 0 amide bonds. The Labute approximate surface area is 122 Å². The molecule has 106 valence electrons. The normalized spacial score (nSPS) is 10.6. The zero-order valence-corrected chi connectivity index (χ0v) is 12.9. The summed E-state index contributed by atoms with van der Waals surface area (Å²) in [4.78, 5) is 2.32. The first-order valence-electron chi connectivity index (χ1n) is 7.11. The van der Waals surface area contributed by atoms with Crippen LogP contribution in [0.25, 0.3) is 0 Å². The van der Waals surface area contributed by atoms with E-state index in [1.54, 1.807) is 0 Å². The van der Waals surface area contributed by atoms with Gasteiger partial charge in [-0.2, -0.15) is 0 Å². The van der Waals surface area contributed by atoms with Gasteiger partial charge in [0.05, 0.1) is 0 Å². The van der Waals surface area contributed by atoms with Crippen LogP contribution in [-0.2, 0) is 13.1 Å². The van der Waals surface area contributed by atoms with E-state index in [1.165, 1.54) is 27.9 Å². The predicted molar refractivity (Wildman–Crippen MR) is 87.2 cm³/mol. The van der Waals surface area contributed by atoms with E-state index in [4.69, 9.17) is 0 Å². The minimum Gasteiger partial charge on any atom is -0.370 e. The minimum absolute atomic E-state index is 0.898. The molecule has 0 unspecified atom stereocenters. The van der Waals surface area contributed by atoms with Crippen molar-refractivity contribution in [1.82, 2.24) is 5.32 Å². The van der Waals surface area contributed by atoms with Crippen LogP contribution in [-0.4, -0.2) is 14.1 Å². The fourth-order valence-electron chi connectivity index (χ4n) is 2.47. The second-order valence-corrected chi connectivity index (χ2v) is 5.50. The maximum Gasteiger partial charge on any atom is 0.0426 e. The van der Waals surface area contributed by atoms with E-state index < -0.39 is 0 Å². The predicted octanol–water partition coefficient (Wildman–Crippen LogP) is 3.66. The van der Waals surface area contributed by atoms with E-state index in [1.807, 2.05) is 7.05 Å². The van der Waals surface area contributed by atoms with Gasteiger partial charge in [-0.05, 0) is 38.1 Å². The standard InChI is InChI=1S/C18H24N2/c1-14-5-8-16(9-6-14)13-20(4)18-10-7-15(2)11-17(18)12-19-3/h5-11,19H,12-13H2,1-4H3. The molecular formula is C18H24N2. The van der Waals surface area contributed by atoms with Gasteiger partial charge in [0, 0.05) is 25.8 Å². The molecule has 0 bridgehead atoms. The minimum atomic E-state index is 0.898. The topological polar surface area (TPSA) is 15.3 Å². The van der Waals surface area contributed by atoms with Crippen molar-refractivity contribution in [3.05, 3.63) is 64.7 Å². The van der Waals surface area contributed by atoms with Gasteiger partial charge in [-0.1, -0.05) is 47.5 Å². The quantitative estimate of drug-likeness (QED) is 0.890. The number of hydrogen-bond donors (Lipinski definition) is 1. The molecule has 2 nitrogen and oxygen atoms in total. The third kappa shape index (κ3) is 3.61. The summed E-state index contributed by atoms with van der Waals surface area (Å²) >= 11 is 0. The zero-order chi connectivity index (χ0) is 14.5. The molecule has 0 fully saturated rings.